The lowest BCUT2D eigenvalue weighted by Crippen LogP contribution is -2.40. The number of carbonyl (C=O) groups is 1. The van der Waals surface area contributed by atoms with Crippen molar-refractivity contribution in [2.24, 2.45) is 13.0 Å². The molecule has 1 aromatic heterocycles. The number of hydrogen-bond acceptors (Lipinski definition) is 2. The molecule has 1 atom stereocenters. The highest BCUT2D eigenvalue weighted by Crippen LogP contribution is 2.25. The van der Waals surface area contributed by atoms with Crippen LogP contribution in [-0.2, 0) is 24.8 Å². The van der Waals surface area contributed by atoms with Crippen molar-refractivity contribution in [1.29, 1.82) is 0 Å². The van der Waals surface area contributed by atoms with E-state index in [1.165, 1.54) is 27.6 Å². The van der Waals surface area contributed by atoms with Crippen molar-refractivity contribution in [2.75, 3.05) is 13.1 Å². The fourth-order valence-corrected chi connectivity index (χ4v) is 4.60. The monoisotopic (exact) mass is 403 g/mol. The lowest BCUT2D eigenvalue weighted by Gasteiger charge is -2.31. The van der Waals surface area contributed by atoms with Crippen LogP contribution in [0.2, 0.25) is 0 Å². The van der Waals surface area contributed by atoms with Crippen molar-refractivity contribution < 1.29 is 4.79 Å². The van der Waals surface area contributed by atoms with Crippen LogP contribution in [-0.4, -0.2) is 28.5 Å². The Kier molecular flexibility index (Phi) is 6.24. The summed E-state index contributed by atoms with van der Waals surface area (Å²) >= 11 is 0. The molecule has 4 heteroatoms. The minimum Gasteiger partial charge on any atom is -0.350 e. The van der Waals surface area contributed by atoms with Crippen molar-refractivity contribution in [2.45, 2.75) is 45.7 Å². The number of hydrogen-bond donors (Lipinski definition) is 1. The zero-order valence-electron chi connectivity index (χ0n) is 18.4. The molecule has 4 rings (SSSR count). The molecule has 0 aliphatic carbocycles. The Labute approximate surface area is 179 Å². The molecule has 1 N–H and O–H groups in total. The number of piperidine rings is 1. The Balaban J connectivity index is 1.30. The second kappa shape index (κ2) is 9.05. The molecule has 1 aliphatic rings. The smallest absolute Gasteiger partial charge is 0.223 e. The van der Waals surface area contributed by atoms with Gasteiger partial charge in [0.25, 0.3) is 0 Å². The number of aryl methyl sites for hydroxylation is 2. The Morgan fingerprint density at radius 3 is 2.50 bits per heavy atom. The zero-order chi connectivity index (χ0) is 21.1. The first-order valence-electron chi connectivity index (χ1n) is 11.2. The summed E-state index contributed by atoms with van der Waals surface area (Å²) in [5.74, 6) is 0.318. The number of nitrogens with zero attached hydrogens (tertiary/aromatic N) is 2. The summed E-state index contributed by atoms with van der Waals surface area (Å²) in [5.41, 5.74) is 5.16. The minimum atomic E-state index is 0.0529. The van der Waals surface area contributed by atoms with Gasteiger partial charge < -0.3 is 9.88 Å². The molecule has 1 fully saturated rings. The first-order chi connectivity index (χ1) is 14.5. The van der Waals surface area contributed by atoms with E-state index in [0.717, 1.165) is 38.9 Å². The van der Waals surface area contributed by atoms with Crippen LogP contribution >= 0.6 is 0 Å². The average molecular weight is 404 g/mol. The molecule has 3 aromatic rings. The first kappa shape index (κ1) is 20.7. The quantitative estimate of drug-likeness (QED) is 0.640. The van der Waals surface area contributed by atoms with E-state index in [1.54, 1.807) is 0 Å². The number of para-hydroxylation sites is 1. The number of rotatable bonds is 6. The fourth-order valence-electron chi connectivity index (χ4n) is 4.60. The third kappa shape index (κ3) is 4.44. The van der Waals surface area contributed by atoms with E-state index < -0.39 is 0 Å². The van der Waals surface area contributed by atoms with E-state index in [1.807, 2.05) is 0 Å². The van der Waals surface area contributed by atoms with Gasteiger partial charge in [-0.3, -0.25) is 9.69 Å². The predicted molar refractivity (Wildman–Crippen MR) is 123 cm³/mol. The predicted octanol–water partition coefficient (Wildman–Crippen LogP) is 4.83. The van der Waals surface area contributed by atoms with Gasteiger partial charge in [-0.05, 0) is 62.0 Å². The molecule has 0 bridgehead atoms. The second-order valence-corrected chi connectivity index (χ2v) is 8.66. The van der Waals surface area contributed by atoms with Gasteiger partial charge in [0, 0.05) is 36.6 Å². The molecule has 0 radical (unpaired) electrons. The molecule has 0 spiro atoms. The Hall–Kier alpha value is -2.59. The van der Waals surface area contributed by atoms with Gasteiger partial charge >= 0.3 is 0 Å². The Morgan fingerprint density at radius 2 is 1.80 bits per heavy atom. The lowest BCUT2D eigenvalue weighted by atomic mass is 9.94. The largest absolute Gasteiger partial charge is 0.350 e. The van der Waals surface area contributed by atoms with E-state index >= 15 is 0 Å². The van der Waals surface area contributed by atoms with E-state index in [0.29, 0.717) is 0 Å². The van der Waals surface area contributed by atoms with Crippen molar-refractivity contribution >= 4 is 16.8 Å². The van der Waals surface area contributed by atoms with Crippen LogP contribution in [0.15, 0.2) is 54.7 Å². The molecule has 2 aromatic carbocycles. The summed E-state index contributed by atoms with van der Waals surface area (Å²) in [6.07, 6.45) is 5.14. The van der Waals surface area contributed by atoms with Crippen LogP contribution in [0.5, 0.6) is 0 Å². The van der Waals surface area contributed by atoms with Crippen LogP contribution in [0.3, 0.4) is 0 Å². The summed E-state index contributed by atoms with van der Waals surface area (Å²) < 4.78 is 2.21. The van der Waals surface area contributed by atoms with Gasteiger partial charge in [-0.2, -0.15) is 0 Å². The van der Waals surface area contributed by atoms with Gasteiger partial charge in [0.05, 0.1) is 6.04 Å². The van der Waals surface area contributed by atoms with Gasteiger partial charge in [-0.15, -0.1) is 0 Å². The van der Waals surface area contributed by atoms with Gasteiger partial charge in [-0.1, -0.05) is 49.4 Å². The highest BCUT2D eigenvalue weighted by molar-refractivity contribution is 5.83. The summed E-state index contributed by atoms with van der Waals surface area (Å²) in [7, 11) is 2.11. The molecule has 4 nitrogen and oxygen atoms in total. The SMILES string of the molecule is CCc1ccc([C@H](C)NC(=O)C2CCN(Cc3cn(C)c4ccccc34)CC2)cc1. The minimum absolute atomic E-state index is 0.0529. The topological polar surface area (TPSA) is 37.3 Å². The number of carbonyl (C=O) groups excluding carboxylic acids is 1. The number of likely N-dealkylation sites (tertiary alicyclic amines) is 1. The molecule has 1 aliphatic heterocycles. The number of aromatic nitrogens is 1. The van der Waals surface area contributed by atoms with Crippen molar-refractivity contribution in [3.63, 3.8) is 0 Å². The van der Waals surface area contributed by atoms with Crippen LogP contribution in [0.25, 0.3) is 10.9 Å². The number of fused-ring (bicyclic) bond motifs is 1. The number of amides is 1. The third-order valence-electron chi connectivity index (χ3n) is 6.58. The maximum atomic E-state index is 12.8. The van der Waals surface area contributed by atoms with Gasteiger partial charge in [-0.25, -0.2) is 0 Å². The highest BCUT2D eigenvalue weighted by atomic mass is 16.1. The third-order valence-corrected chi connectivity index (χ3v) is 6.58. The molecule has 1 saturated heterocycles. The van der Waals surface area contributed by atoms with Gasteiger partial charge in [0.15, 0.2) is 0 Å². The molecule has 1 amide bonds. The van der Waals surface area contributed by atoms with Crippen molar-refractivity contribution in [3.05, 3.63) is 71.4 Å². The molecule has 158 valence electrons. The summed E-state index contributed by atoms with van der Waals surface area (Å²) in [6.45, 7) is 7.14. The maximum absolute atomic E-state index is 12.8. The zero-order valence-corrected chi connectivity index (χ0v) is 18.4. The summed E-state index contributed by atoms with van der Waals surface area (Å²) in [4.78, 5) is 15.3. The van der Waals surface area contributed by atoms with Crippen LogP contribution in [0.1, 0.15) is 49.4 Å². The van der Waals surface area contributed by atoms with Crippen molar-refractivity contribution in [3.8, 4) is 0 Å². The summed E-state index contributed by atoms with van der Waals surface area (Å²) in [5, 5.41) is 4.57. The highest BCUT2D eigenvalue weighted by Gasteiger charge is 2.26. The van der Waals surface area contributed by atoms with Crippen molar-refractivity contribution in [1.82, 2.24) is 14.8 Å². The maximum Gasteiger partial charge on any atom is 0.223 e. The normalized spacial score (nSPS) is 16.6. The Morgan fingerprint density at radius 1 is 1.10 bits per heavy atom. The number of nitrogens with one attached hydrogen (secondary N) is 1. The van der Waals surface area contributed by atoms with Crippen LogP contribution in [0, 0.1) is 5.92 Å². The standard InChI is InChI=1S/C26H33N3O/c1-4-20-9-11-21(12-10-20)19(2)27-26(30)22-13-15-29(16-14-22)18-23-17-28(3)25-8-6-5-7-24(23)25/h5-12,17,19,22H,4,13-16,18H2,1-3H3,(H,27,30)/t19-/m0/s1. The number of benzene rings is 2. The molecule has 2 heterocycles. The van der Waals surface area contributed by atoms with E-state index in [9.17, 15) is 4.79 Å². The lowest BCUT2D eigenvalue weighted by molar-refractivity contribution is -0.127. The molecular formula is C26H33N3O. The van der Waals surface area contributed by atoms with E-state index in [4.69, 9.17) is 0 Å². The molecule has 0 saturated carbocycles. The van der Waals surface area contributed by atoms with Gasteiger partial charge in [0.1, 0.15) is 0 Å². The van der Waals surface area contributed by atoms with E-state index in [2.05, 4.69) is 90.4 Å². The first-order valence-corrected chi connectivity index (χ1v) is 11.2. The van der Waals surface area contributed by atoms with Crippen LogP contribution in [0.4, 0.5) is 0 Å². The van der Waals surface area contributed by atoms with Crippen LogP contribution < -0.4 is 5.32 Å². The van der Waals surface area contributed by atoms with Gasteiger partial charge in [0.2, 0.25) is 5.91 Å². The second-order valence-electron chi connectivity index (χ2n) is 8.66. The molecular weight excluding hydrogens is 370 g/mol. The van der Waals surface area contributed by atoms with E-state index in [-0.39, 0.29) is 17.9 Å². The Bertz CT molecular complexity index is 997. The fraction of sp³-hybridized carbons (Fsp3) is 0.423. The average Bonchev–Trinajstić information content (AvgIpc) is 3.09. The summed E-state index contributed by atoms with van der Waals surface area (Å²) in [6, 6.07) is 17.2. The molecule has 30 heavy (non-hydrogen) atoms. The molecule has 0 unspecified atom stereocenters.